The lowest BCUT2D eigenvalue weighted by Crippen LogP contribution is -2.25. The van der Waals surface area contributed by atoms with Gasteiger partial charge >= 0.3 is 0 Å². The van der Waals surface area contributed by atoms with Gasteiger partial charge in [0.1, 0.15) is 5.82 Å². The van der Waals surface area contributed by atoms with Crippen LogP contribution in [0.4, 0.5) is 4.39 Å². The van der Waals surface area contributed by atoms with E-state index in [2.05, 4.69) is 21.2 Å². The molecule has 0 aromatic heterocycles. The standard InChI is InChI=1S/C12H15BrFNO/c13-12-6-10(14)4-3-9(12)7-15-8-11-2-1-5-16-11/h3-4,6,11,15H,1-2,5,7-8H2. The second kappa shape index (κ2) is 5.75. The zero-order valence-corrected chi connectivity index (χ0v) is 10.6. The Morgan fingerprint density at radius 3 is 3.06 bits per heavy atom. The molecule has 0 amide bonds. The molecule has 1 aromatic rings. The Balaban J connectivity index is 1.80. The molecule has 2 rings (SSSR count). The molecule has 4 heteroatoms. The highest BCUT2D eigenvalue weighted by Gasteiger charge is 2.14. The minimum absolute atomic E-state index is 0.213. The number of nitrogens with one attached hydrogen (secondary N) is 1. The molecule has 2 nitrogen and oxygen atoms in total. The molecule has 1 aliphatic heterocycles. The number of benzene rings is 1. The molecule has 16 heavy (non-hydrogen) atoms. The van der Waals surface area contributed by atoms with Crippen LogP contribution in [0.25, 0.3) is 0 Å². The Hall–Kier alpha value is -0.450. The SMILES string of the molecule is Fc1ccc(CNCC2CCCO2)c(Br)c1. The third-order valence-corrected chi connectivity index (χ3v) is 3.46. The molecule has 0 spiro atoms. The lowest BCUT2D eigenvalue weighted by atomic mass is 10.2. The summed E-state index contributed by atoms with van der Waals surface area (Å²) in [6, 6.07) is 4.76. The van der Waals surface area contributed by atoms with Crippen molar-refractivity contribution in [3.63, 3.8) is 0 Å². The van der Waals surface area contributed by atoms with Gasteiger partial charge in [0.25, 0.3) is 0 Å². The summed E-state index contributed by atoms with van der Waals surface area (Å²) in [5.74, 6) is -0.213. The molecule has 1 aliphatic rings. The normalized spacial score (nSPS) is 20.2. The minimum Gasteiger partial charge on any atom is -0.377 e. The third-order valence-electron chi connectivity index (χ3n) is 2.73. The predicted octanol–water partition coefficient (Wildman–Crippen LogP) is 2.86. The van der Waals surface area contributed by atoms with E-state index in [-0.39, 0.29) is 5.82 Å². The van der Waals surface area contributed by atoms with Crippen LogP contribution in [0.2, 0.25) is 0 Å². The summed E-state index contributed by atoms with van der Waals surface area (Å²) in [7, 11) is 0. The van der Waals surface area contributed by atoms with Gasteiger partial charge in [0, 0.05) is 24.2 Å². The maximum absolute atomic E-state index is 12.8. The van der Waals surface area contributed by atoms with E-state index >= 15 is 0 Å². The van der Waals surface area contributed by atoms with Crippen LogP contribution >= 0.6 is 15.9 Å². The van der Waals surface area contributed by atoms with Crippen molar-refractivity contribution in [1.82, 2.24) is 5.32 Å². The molecule has 88 valence electrons. The van der Waals surface area contributed by atoms with Crippen molar-refractivity contribution < 1.29 is 9.13 Å². The number of ether oxygens (including phenoxy) is 1. The summed E-state index contributed by atoms with van der Waals surface area (Å²) in [6.07, 6.45) is 2.64. The predicted molar refractivity (Wildman–Crippen MR) is 64.8 cm³/mol. The minimum atomic E-state index is -0.213. The van der Waals surface area contributed by atoms with Gasteiger partial charge in [-0.05, 0) is 30.5 Å². The fourth-order valence-electron chi connectivity index (χ4n) is 1.84. The van der Waals surface area contributed by atoms with Gasteiger partial charge in [-0.2, -0.15) is 0 Å². The van der Waals surface area contributed by atoms with Gasteiger partial charge in [0.2, 0.25) is 0 Å². The van der Waals surface area contributed by atoms with Crippen molar-refractivity contribution in [3.8, 4) is 0 Å². The fourth-order valence-corrected chi connectivity index (χ4v) is 2.33. The van der Waals surface area contributed by atoms with E-state index in [0.717, 1.165) is 42.6 Å². The molecule has 1 fully saturated rings. The Bertz CT molecular complexity index is 353. The van der Waals surface area contributed by atoms with E-state index in [1.165, 1.54) is 12.1 Å². The first-order valence-electron chi connectivity index (χ1n) is 5.52. The van der Waals surface area contributed by atoms with E-state index < -0.39 is 0 Å². The third kappa shape index (κ3) is 3.27. The van der Waals surface area contributed by atoms with E-state index in [4.69, 9.17) is 4.74 Å². The first kappa shape index (κ1) is 12.0. The molecule has 1 atom stereocenters. The maximum Gasteiger partial charge on any atom is 0.124 e. The van der Waals surface area contributed by atoms with Crippen LogP contribution in [0.3, 0.4) is 0 Å². The summed E-state index contributed by atoms with van der Waals surface area (Å²) < 4.78 is 19.2. The second-order valence-corrected chi connectivity index (χ2v) is 4.86. The summed E-state index contributed by atoms with van der Waals surface area (Å²) >= 11 is 3.35. The molecule has 1 aromatic carbocycles. The zero-order chi connectivity index (χ0) is 11.4. The molecule has 1 heterocycles. The summed E-state index contributed by atoms with van der Waals surface area (Å²) in [4.78, 5) is 0. The van der Waals surface area contributed by atoms with Gasteiger partial charge in [0.05, 0.1) is 6.10 Å². The molecule has 1 saturated heterocycles. The van der Waals surface area contributed by atoms with Crippen molar-refractivity contribution in [2.24, 2.45) is 0 Å². The van der Waals surface area contributed by atoms with E-state index in [0.29, 0.717) is 6.10 Å². The molecule has 1 unspecified atom stereocenters. The zero-order valence-electron chi connectivity index (χ0n) is 9.01. The summed E-state index contributed by atoms with van der Waals surface area (Å²) in [6.45, 7) is 2.48. The summed E-state index contributed by atoms with van der Waals surface area (Å²) in [5, 5.41) is 3.33. The monoisotopic (exact) mass is 287 g/mol. The van der Waals surface area contributed by atoms with Crippen LogP contribution in [0.15, 0.2) is 22.7 Å². The number of rotatable bonds is 4. The average molecular weight is 288 g/mol. The molecular weight excluding hydrogens is 273 g/mol. The van der Waals surface area contributed by atoms with Crippen LogP contribution in [0.1, 0.15) is 18.4 Å². The number of hydrogen-bond donors (Lipinski definition) is 1. The van der Waals surface area contributed by atoms with Crippen LogP contribution in [0.5, 0.6) is 0 Å². The number of hydrogen-bond acceptors (Lipinski definition) is 2. The maximum atomic E-state index is 12.8. The van der Waals surface area contributed by atoms with E-state index in [1.807, 2.05) is 0 Å². The molecular formula is C12H15BrFNO. The highest BCUT2D eigenvalue weighted by Crippen LogP contribution is 2.18. The van der Waals surface area contributed by atoms with Gasteiger partial charge in [-0.15, -0.1) is 0 Å². The first-order chi connectivity index (χ1) is 7.75. The van der Waals surface area contributed by atoms with Crippen LogP contribution in [-0.4, -0.2) is 19.3 Å². The van der Waals surface area contributed by atoms with Crippen LogP contribution in [-0.2, 0) is 11.3 Å². The van der Waals surface area contributed by atoms with E-state index in [9.17, 15) is 4.39 Å². The molecule has 0 bridgehead atoms. The van der Waals surface area contributed by atoms with Gasteiger partial charge < -0.3 is 10.1 Å². The Kier molecular flexibility index (Phi) is 4.32. The fraction of sp³-hybridized carbons (Fsp3) is 0.500. The lowest BCUT2D eigenvalue weighted by molar-refractivity contribution is 0.110. The van der Waals surface area contributed by atoms with Gasteiger partial charge in [-0.1, -0.05) is 22.0 Å². The van der Waals surface area contributed by atoms with Gasteiger partial charge in [-0.3, -0.25) is 0 Å². The Morgan fingerprint density at radius 2 is 2.38 bits per heavy atom. The highest BCUT2D eigenvalue weighted by molar-refractivity contribution is 9.10. The van der Waals surface area contributed by atoms with Crippen molar-refractivity contribution in [3.05, 3.63) is 34.1 Å². The number of halogens is 2. The quantitative estimate of drug-likeness (QED) is 0.920. The summed E-state index contributed by atoms with van der Waals surface area (Å²) in [5.41, 5.74) is 1.07. The average Bonchev–Trinajstić information content (AvgIpc) is 2.74. The van der Waals surface area contributed by atoms with Crippen molar-refractivity contribution in [1.29, 1.82) is 0 Å². The van der Waals surface area contributed by atoms with Gasteiger partial charge in [0.15, 0.2) is 0 Å². The molecule has 0 saturated carbocycles. The smallest absolute Gasteiger partial charge is 0.124 e. The Labute approximate surface area is 103 Å². The first-order valence-corrected chi connectivity index (χ1v) is 6.31. The molecule has 1 N–H and O–H groups in total. The topological polar surface area (TPSA) is 21.3 Å². The van der Waals surface area contributed by atoms with Crippen molar-refractivity contribution in [2.45, 2.75) is 25.5 Å². The van der Waals surface area contributed by atoms with Crippen LogP contribution in [0, 0.1) is 5.82 Å². The largest absolute Gasteiger partial charge is 0.377 e. The van der Waals surface area contributed by atoms with E-state index in [1.54, 1.807) is 6.07 Å². The van der Waals surface area contributed by atoms with Crippen molar-refractivity contribution in [2.75, 3.05) is 13.2 Å². The second-order valence-electron chi connectivity index (χ2n) is 4.00. The molecule has 0 radical (unpaired) electrons. The Morgan fingerprint density at radius 1 is 1.50 bits per heavy atom. The molecule has 0 aliphatic carbocycles. The van der Waals surface area contributed by atoms with Crippen molar-refractivity contribution >= 4 is 15.9 Å². The lowest BCUT2D eigenvalue weighted by Gasteiger charge is -2.11. The van der Waals surface area contributed by atoms with Crippen LogP contribution < -0.4 is 5.32 Å². The highest BCUT2D eigenvalue weighted by atomic mass is 79.9. The van der Waals surface area contributed by atoms with Gasteiger partial charge in [-0.25, -0.2) is 4.39 Å².